The quantitative estimate of drug-likeness (QED) is 0.809. The molecule has 0 heterocycles. The summed E-state index contributed by atoms with van der Waals surface area (Å²) in [6, 6.07) is 3.27. The van der Waals surface area contributed by atoms with E-state index in [4.69, 9.17) is 14.6 Å². The molecule has 2 N–H and O–H groups in total. The summed E-state index contributed by atoms with van der Waals surface area (Å²) in [7, 11) is 3.00. The van der Waals surface area contributed by atoms with Crippen molar-refractivity contribution in [1.82, 2.24) is 5.32 Å². The van der Waals surface area contributed by atoms with E-state index in [0.717, 1.165) is 5.56 Å². The van der Waals surface area contributed by atoms with Crippen LogP contribution in [0.1, 0.15) is 22.3 Å². The van der Waals surface area contributed by atoms with Crippen LogP contribution in [0.4, 0.5) is 0 Å². The zero-order valence-corrected chi connectivity index (χ0v) is 11.1. The van der Waals surface area contributed by atoms with Crippen molar-refractivity contribution in [2.24, 2.45) is 0 Å². The number of hydrogen-bond acceptors (Lipinski definition) is 4. The number of carbonyl (C=O) groups excluding carboxylic acids is 1. The Labute approximate surface area is 111 Å². The van der Waals surface area contributed by atoms with E-state index in [9.17, 15) is 9.59 Å². The van der Waals surface area contributed by atoms with Crippen molar-refractivity contribution in [3.05, 3.63) is 23.3 Å². The average Bonchev–Trinajstić information content (AvgIpc) is 2.37. The van der Waals surface area contributed by atoms with Gasteiger partial charge in [0.05, 0.1) is 20.6 Å². The first-order valence-corrected chi connectivity index (χ1v) is 5.72. The molecule has 0 fully saturated rings. The molecular weight excluding hydrogens is 250 g/mol. The Balaban J connectivity index is 2.87. The van der Waals surface area contributed by atoms with Gasteiger partial charge in [-0.2, -0.15) is 0 Å². The van der Waals surface area contributed by atoms with Crippen molar-refractivity contribution < 1.29 is 24.2 Å². The number of ether oxygens (including phenoxy) is 2. The standard InChI is InChI=1S/C13H17NO5/c1-8-6-10(18-2)11(19-3)7-9(8)13(17)14-5-4-12(15)16/h6-7H,4-5H2,1-3H3,(H,14,17)(H,15,16). The van der Waals surface area contributed by atoms with Gasteiger partial charge in [0.15, 0.2) is 11.5 Å². The van der Waals surface area contributed by atoms with Crippen LogP contribution in [-0.2, 0) is 4.79 Å². The second kappa shape index (κ2) is 6.63. The van der Waals surface area contributed by atoms with E-state index >= 15 is 0 Å². The molecule has 1 rings (SSSR count). The molecule has 0 spiro atoms. The number of hydrogen-bond donors (Lipinski definition) is 2. The lowest BCUT2D eigenvalue weighted by atomic mass is 10.1. The lowest BCUT2D eigenvalue weighted by Crippen LogP contribution is -2.26. The first-order chi connectivity index (χ1) is 8.99. The van der Waals surface area contributed by atoms with Crippen LogP contribution < -0.4 is 14.8 Å². The highest BCUT2D eigenvalue weighted by atomic mass is 16.5. The molecule has 0 atom stereocenters. The number of carboxylic acid groups (broad SMARTS) is 1. The molecule has 0 unspecified atom stereocenters. The molecule has 0 saturated carbocycles. The van der Waals surface area contributed by atoms with Crippen LogP contribution in [-0.4, -0.2) is 37.7 Å². The second-order valence-corrected chi connectivity index (χ2v) is 3.92. The SMILES string of the molecule is COc1cc(C)c(C(=O)NCCC(=O)O)cc1OC. The maximum atomic E-state index is 11.9. The molecule has 0 aliphatic carbocycles. The van der Waals surface area contributed by atoms with Gasteiger partial charge in [0.25, 0.3) is 5.91 Å². The number of nitrogens with one attached hydrogen (secondary N) is 1. The van der Waals surface area contributed by atoms with Gasteiger partial charge >= 0.3 is 5.97 Å². The predicted molar refractivity (Wildman–Crippen MR) is 68.9 cm³/mol. The fourth-order valence-corrected chi connectivity index (χ4v) is 1.60. The number of benzene rings is 1. The van der Waals surface area contributed by atoms with Crippen LogP contribution in [0.3, 0.4) is 0 Å². The van der Waals surface area contributed by atoms with E-state index < -0.39 is 5.97 Å². The van der Waals surface area contributed by atoms with Gasteiger partial charge in [-0.1, -0.05) is 0 Å². The molecule has 1 amide bonds. The van der Waals surface area contributed by atoms with Crippen molar-refractivity contribution in [1.29, 1.82) is 0 Å². The van der Waals surface area contributed by atoms with Crippen molar-refractivity contribution in [2.75, 3.05) is 20.8 Å². The molecule has 0 saturated heterocycles. The molecule has 0 aliphatic heterocycles. The van der Waals surface area contributed by atoms with Crippen molar-refractivity contribution >= 4 is 11.9 Å². The summed E-state index contributed by atoms with van der Waals surface area (Å²) in [5.41, 5.74) is 1.16. The van der Waals surface area contributed by atoms with E-state index in [1.807, 2.05) is 0 Å². The summed E-state index contributed by atoms with van der Waals surface area (Å²) in [4.78, 5) is 22.3. The molecular formula is C13H17NO5. The normalized spacial score (nSPS) is 9.84. The molecule has 0 bridgehead atoms. The van der Waals surface area contributed by atoms with Gasteiger partial charge in [-0.3, -0.25) is 9.59 Å². The molecule has 0 aromatic heterocycles. The van der Waals surface area contributed by atoms with Crippen molar-refractivity contribution in [3.63, 3.8) is 0 Å². The lowest BCUT2D eigenvalue weighted by Gasteiger charge is -2.12. The fourth-order valence-electron chi connectivity index (χ4n) is 1.60. The highest BCUT2D eigenvalue weighted by Crippen LogP contribution is 2.30. The van der Waals surface area contributed by atoms with E-state index in [-0.39, 0.29) is 18.9 Å². The highest BCUT2D eigenvalue weighted by molar-refractivity contribution is 5.96. The van der Waals surface area contributed by atoms with Crippen LogP contribution in [0.25, 0.3) is 0 Å². The molecule has 0 radical (unpaired) electrons. The summed E-state index contributed by atoms with van der Waals surface area (Å²) < 4.78 is 10.3. The Morgan fingerprint density at radius 2 is 1.79 bits per heavy atom. The van der Waals surface area contributed by atoms with Gasteiger partial charge in [-0.05, 0) is 24.6 Å². The second-order valence-electron chi connectivity index (χ2n) is 3.92. The van der Waals surface area contributed by atoms with Crippen LogP contribution in [0, 0.1) is 6.92 Å². The minimum atomic E-state index is -0.954. The number of rotatable bonds is 6. The summed E-state index contributed by atoms with van der Waals surface area (Å²) >= 11 is 0. The monoisotopic (exact) mass is 267 g/mol. The molecule has 1 aromatic rings. The molecule has 6 heteroatoms. The lowest BCUT2D eigenvalue weighted by molar-refractivity contribution is -0.136. The van der Waals surface area contributed by atoms with Crippen LogP contribution in [0.15, 0.2) is 12.1 Å². The third-order valence-electron chi connectivity index (χ3n) is 2.60. The maximum Gasteiger partial charge on any atom is 0.305 e. The van der Waals surface area contributed by atoms with E-state index in [1.54, 1.807) is 19.1 Å². The number of amides is 1. The summed E-state index contributed by atoms with van der Waals surface area (Å²) in [6.07, 6.45) is -0.113. The Hall–Kier alpha value is -2.24. The number of methoxy groups -OCH3 is 2. The Bertz CT molecular complexity index is 484. The molecule has 19 heavy (non-hydrogen) atoms. The number of carboxylic acids is 1. The summed E-state index contributed by atoms with van der Waals surface area (Å²) in [5.74, 6) is -0.289. The predicted octanol–water partition coefficient (Wildman–Crippen LogP) is 1.22. The van der Waals surface area contributed by atoms with Gasteiger partial charge in [-0.25, -0.2) is 0 Å². The molecule has 6 nitrogen and oxygen atoms in total. The largest absolute Gasteiger partial charge is 0.493 e. The Morgan fingerprint density at radius 3 is 2.32 bits per heavy atom. The van der Waals surface area contributed by atoms with Gasteiger partial charge in [0, 0.05) is 12.1 Å². The minimum Gasteiger partial charge on any atom is -0.493 e. The Kier molecular flexibility index (Phi) is 5.17. The molecule has 0 aliphatic rings. The van der Waals surface area contributed by atoms with Crippen molar-refractivity contribution in [3.8, 4) is 11.5 Å². The minimum absolute atomic E-state index is 0.0853. The first-order valence-electron chi connectivity index (χ1n) is 5.72. The molecule has 1 aromatic carbocycles. The highest BCUT2D eigenvalue weighted by Gasteiger charge is 2.14. The zero-order chi connectivity index (χ0) is 14.4. The third-order valence-corrected chi connectivity index (χ3v) is 2.60. The topological polar surface area (TPSA) is 84.9 Å². The third kappa shape index (κ3) is 3.87. The zero-order valence-electron chi connectivity index (χ0n) is 11.1. The van der Waals surface area contributed by atoms with E-state index in [0.29, 0.717) is 17.1 Å². The number of aryl methyl sites for hydroxylation is 1. The first kappa shape index (κ1) is 14.8. The van der Waals surface area contributed by atoms with Crippen molar-refractivity contribution in [2.45, 2.75) is 13.3 Å². The molecule has 104 valence electrons. The maximum absolute atomic E-state index is 11.9. The van der Waals surface area contributed by atoms with E-state index in [1.165, 1.54) is 14.2 Å². The van der Waals surface area contributed by atoms with Crippen LogP contribution in [0.5, 0.6) is 11.5 Å². The van der Waals surface area contributed by atoms with Crippen LogP contribution >= 0.6 is 0 Å². The van der Waals surface area contributed by atoms with Gasteiger partial charge in [0.1, 0.15) is 0 Å². The van der Waals surface area contributed by atoms with Crippen LogP contribution in [0.2, 0.25) is 0 Å². The Morgan fingerprint density at radius 1 is 1.21 bits per heavy atom. The smallest absolute Gasteiger partial charge is 0.305 e. The van der Waals surface area contributed by atoms with E-state index in [2.05, 4.69) is 5.32 Å². The van der Waals surface area contributed by atoms with Gasteiger partial charge in [0.2, 0.25) is 0 Å². The summed E-state index contributed by atoms with van der Waals surface area (Å²) in [5, 5.41) is 11.1. The number of carbonyl (C=O) groups is 2. The van der Waals surface area contributed by atoms with Gasteiger partial charge in [-0.15, -0.1) is 0 Å². The van der Waals surface area contributed by atoms with Gasteiger partial charge < -0.3 is 19.9 Å². The summed E-state index contributed by atoms with van der Waals surface area (Å²) in [6.45, 7) is 1.86. The number of aliphatic carboxylic acids is 1. The average molecular weight is 267 g/mol. The fraction of sp³-hybridized carbons (Fsp3) is 0.385.